The third kappa shape index (κ3) is 7.40. The van der Waals surface area contributed by atoms with Crippen LogP contribution in [0.25, 0.3) is 0 Å². The SMILES string of the molecule is COc1cc(CN2CCN(Cc3ccncc3)CC2)cc(OC)c1OC.O=C(O)C(=O)O. The van der Waals surface area contributed by atoms with Crippen molar-refractivity contribution in [1.29, 1.82) is 0 Å². The molecule has 3 rings (SSSR count). The summed E-state index contributed by atoms with van der Waals surface area (Å²) in [5.74, 6) is -1.60. The van der Waals surface area contributed by atoms with E-state index in [1.54, 1.807) is 21.3 Å². The first-order chi connectivity index (χ1) is 15.4. The van der Waals surface area contributed by atoms with Crippen molar-refractivity contribution < 1.29 is 34.0 Å². The minimum atomic E-state index is -1.82. The van der Waals surface area contributed by atoms with Crippen molar-refractivity contribution in [2.45, 2.75) is 13.1 Å². The monoisotopic (exact) mass is 447 g/mol. The lowest BCUT2D eigenvalue weighted by atomic mass is 10.1. The maximum Gasteiger partial charge on any atom is 0.414 e. The van der Waals surface area contributed by atoms with E-state index in [4.69, 9.17) is 34.0 Å². The molecule has 0 aliphatic carbocycles. The second-order valence-electron chi connectivity index (χ2n) is 7.05. The molecule has 0 radical (unpaired) electrons. The average molecular weight is 447 g/mol. The molecule has 32 heavy (non-hydrogen) atoms. The third-order valence-electron chi connectivity index (χ3n) is 4.93. The standard InChI is InChI=1S/C20H27N3O3.C2H2O4/c1-24-18-12-17(13-19(25-2)20(18)26-3)15-23-10-8-22(9-11-23)14-16-4-6-21-7-5-16;3-1(4)2(5)6/h4-7,12-13H,8-11,14-15H2,1-3H3;(H,3,4)(H,5,6). The summed E-state index contributed by atoms with van der Waals surface area (Å²) in [5.41, 5.74) is 2.49. The van der Waals surface area contributed by atoms with Gasteiger partial charge in [0.2, 0.25) is 5.75 Å². The van der Waals surface area contributed by atoms with Crippen LogP contribution in [-0.2, 0) is 22.7 Å². The first kappa shape index (κ1) is 24.9. The van der Waals surface area contributed by atoms with Gasteiger partial charge >= 0.3 is 11.9 Å². The highest BCUT2D eigenvalue weighted by Crippen LogP contribution is 2.38. The Morgan fingerprint density at radius 1 is 0.812 bits per heavy atom. The zero-order chi connectivity index (χ0) is 23.5. The molecule has 1 aromatic heterocycles. The number of ether oxygens (including phenoxy) is 3. The number of carbonyl (C=O) groups is 2. The Morgan fingerprint density at radius 3 is 1.62 bits per heavy atom. The Morgan fingerprint density at radius 2 is 1.25 bits per heavy atom. The topological polar surface area (TPSA) is 122 Å². The predicted octanol–water partition coefficient (Wildman–Crippen LogP) is 1.58. The number of aliphatic carboxylic acids is 2. The van der Waals surface area contributed by atoms with Gasteiger partial charge < -0.3 is 24.4 Å². The molecular formula is C22H29N3O7. The smallest absolute Gasteiger partial charge is 0.414 e. The molecule has 0 spiro atoms. The summed E-state index contributed by atoms with van der Waals surface area (Å²) < 4.78 is 16.3. The Bertz CT molecular complexity index is 847. The van der Waals surface area contributed by atoms with Crippen molar-refractivity contribution in [3.63, 3.8) is 0 Å². The van der Waals surface area contributed by atoms with E-state index in [9.17, 15) is 0 Å². The molecule has 1 fully saturated rings. The molecule has 10 heteroatoms. The molecule has 0 amide bonds. The molecule has 2 N–H and O–H groups in total. The van der Waals surface area contributed by atoms with Gasteiger partial charge in [-0.2, -0.15) is 0 Å². The van der Waals surface area contributed by atoms with E-state index in [0.717, 1.165) is 39.3 Å². The van der Waals surface area contributed by atoms with Crippen LogP contribution >= 0.6 is 0 Å². The quantitative estimate of drug-likeness (QED) is 0.605. The van der Waals surface area contributed by atoms with Crippen LogP contribution in [0.5, 0.6) is 17.2 Å². The average Bonchev–Trinajstić information content (AvgIpc) is 2.80. The van der Waals surface area contributed by atoms with Crippen LogP contribution < -0.4 is 14.2 Å². The number of pyridine rings is 1. The van der Waals surface area contributed by atoms with Crippen LogP contribution in [0.3, 0.4) is 0 Å². The van der Waals surface area contributed by atoms with Crippen LogP contribution in [0.1, 0.15) is 11.1 Å². The van der Waals surface area contributed by atoms with Gasteiger partial charge in [0.1, 0.15) is 0 Å². The van der Waals surface area contributed by atoms with E-state index in [1.165, 1.54) is 11.1 Å². The van der Waals surface area contributed by atoms with Gasteiger partial charge in [0.05, 0.1) is 21.3 Å². The van der Waals surface area contributed by atoms with Gasteiger partial charge in [-0.05, 0) is 35.4 Å². The Labute approximate surface area is 186 Å². The molecule has 0 unspecified atom stereocenters. The fraction of sp³-hybridized carbons (Fsp3) is 0.409. The Kier molecular flexibility index (Phi) is 9.71. The summed E-state index contributed by atoms with van der Waals surface area (Å²) in [5, 5.41) is 14.8. The lowest BCUT2D eigenvalue weighted by Crippen LogP contribution is -2.45. The van der Waals surface area contributed by atoms with Gasteiger partial charge in [-0.15, -0.1) is 0 Å². The zero-order valence-corrected chi connectivity index (χ0v) is 18.5. The van der Waals surface area contributed by atoms with E-state index in [2.05, 4.69) is 26.9 Å². The van der Waals surface area contributed by atoms with Gasteiger partial charge in [0.15, 0.2) is 11.5 Å². The van der Waals surface area contributed by atoms with E-state index in [0.29, 0.717) is 17.2 Å². The van der Waals surface area contributed by atoms with Crippen molar-refractivity contribution in [2.75, 3.05) is 47.5 Å². The van der Waals surface area contributed by atoms with Crippen LogP contribution in [0, 0.1) is 0 Å². The number of carboxylic acid groups (broad SMARTS) is 2. The number of methoxy groups -OCH3 is 3. The number of benzene rings is 1. The molecular weight excluding hydrogens is 418 g/mol. The van der Waals surface area contributed by atoms with Crippen LogP contribution in [0.4, 0.5) is 0 Å². The molecule has 2 aromatic rings. The third-order valence-corrected chi connectivity index (χ3v) is 4.93. The van der Waals surface area contributed by atoms with Gasteiger partial charge in [-0.25, -0.2) is 9.59 Å². The number of carboxylic acids is 2. The van der Waals surface area contributed by atoms with Crippen molar-refractivity contribution in [1.82, 2.24) is 14.8 Å². The number of rotatable bonds is 7. The minimum Gasteiger partial charge on any atom is -0.493 e. The highest BCUT2D eigenvalue weighted by atomic mass is 16.5. The highest BCUT2D eigenvalue weighted by Gasteiger charge is 2.19. The minimum absolute atomic E-state index is 0.640. The summed E-state index contributed by atoms with van der Waals surface area (Å²) in [6.45, 7) is 6.07. The van der Waals surface area contributed by atoms with Crippen molar-refractivity contribution in [2.24, 2.45) is 0 Å². The molecule has 1 saturated heterocycles. The van der Waals surface area contributed by atoms with E-state index >= 15 is 0 Å². The molecule has 0 saturated carbocycles. The maximum absolute atomic E-state index is 9.10. The summed E-state index contributed by atoms with van der Waals surface area (Å²) in [6.07, 6.45) is 3.71. The first-order valence-corrected chi connectivity index (χ1v) is 9.96. The van der Waals surface area contributed by atoms with Crippen molar-refractivity contribution in [3.8, 4) is 17.2 Å². The maximum atomic E-state index is 9.10. The first-order valence-electron chi connectivity index (χ1n) is 9.96. The Hall–Kier alpha value is -3.37. The highest BCUT2D eigenvalue weighted by molar-refractivity contribution is 6.27. The molecule has 1 aliphatic heterocycles. The molecule has 0 atom stereocenters. The molecule has 1 aliphatic rings. The van der Waals surface area contributed by atoms with Gasteiger partial charge in [0.25, 0.3) is 0 Å². The lowest BCUT2D eigenvalue weighted by molar-refractivity contribution is -0.159. The molecule has 2 heterocycles. The molecule has 10 nitrogen and oxygen atoms in total. The summed E-state index contributed by atoms with van der Waals surface area (Å²) in [6, 6.07) is 8.24. The number of piperazine rings is 1. The van der Waals surface area contributed by atoms with Crippen LogP contribution in [0.2, 0.25) is 0 Å². The Balaban J connectivity index is 0.000000534. The summed E-state index contributed by atoms with van der Waals surface area (Å²) >= 11 is 0. The van der Waals surface area contributed by atoms with Gasteiger partial charge in [-0.3, -0.25) is 14.8 Å². The zero-order valence-electron chi connectivity index (χ0n) is 18.5. The van der Waals surface area contributed by atoms with E-state index in [-0.39, 0.29) is 0 Å². The fourth-order valence-electron chi connectivity index (χ4n) is 3.34. The molecule has 0 bridgehead atoms. The molecule has 1 aromatic carbocycles. The van der Waals surface area contributed by atoms with Gasteiger partial charge in [-0.1, -0.05) is 0 Å². The van der Waals surface area contributed by atoms with E-state index in [1.807, 2.05) is 24.5 Å². The van der Waals surface area contributed by atoms with Crippen molar-refractivity contribution in [3.05, 3.63) is 47.8 Å². The number of hydrogen-bond donors (Lipinski definition) is 2. The lowest BCUT2D eigenvalue weighted by Gasteiger charge is -2.34. The second kappa shape index (κ2) is 12.5. The van der Waals surface area contributed by atoms with Crippen molar-refractivity contribution >= 4 is 11.9 Å². The summed E-state index contributed by atoms with van der Waals surface area (Å²) in [7, 11) is 4.93. The van der Waals surface area contributed by atoms with E-state index < -0.39 is 11.9 Å². The number of hydrogen-bond acceptors (Lipinski definition) is 8. The van der Waals surface area contributed by atoms with Gasteiger partial charge in [0, 0.05) is 51.7 Å². The van der Waals surface area contributed by atoms with Crippen LogP contribution in [0.15, 0.2) is 36.7 Å². The summed E-state index contributed by atoms with van der Waals surface area (Å²) in [4.78, 5) is 27.2. The predicted molar refractivity (Wildman–Crippen MR) is 116 cm³/mol. The number of aromatic nitrogens is 1. The second-order valence-corrected chi connectivity index (χ2v) is 7.05. The molecule has 174 valence electrons. The largest absolute Gasteiger partial charge is 0.493 e. The fourth-order valence-corrected chi connectivity index (χ4v) is 3.34. The number of nitrogens with zero attached hydrogens (tertiary/aromatic N) is 3. The normalized spacial score (nSPS) is 14.1. The van der Waals surface area contributed by atoms with Crippen LogP contribution in [-0.4, -0.2) is 84.4 Å².